The van der Waals surface area contributed by atoms with Crippen molar-refractivity contribution < 1.29 is 9.59 Å². The molecule has 128 valence electrons. The summed E-state index contributed by atoms with van der Waals surface area (Å²) >= 11 is 0. The molecule has 1 atom stereocenters. The second kappa shape index (κ2) is 7.29. The lowest BCUT2D eigenvalue weighted by atomic mass is 9.86. The molecule has 2 rings (SSSR count). The molecule has 0 aliphatic heterocycles. The summed E-state index contributed by atoms with van der Waals surface area (Å²) in [4.78, 5) is 28.4. The van der Waals surface area contributed by atoms with E-state index in [1.165, 1.54) is 0 Å². The van der Waals surface area contributed by atoms with Gasteiger partial charge in [0.1, 0.15) is 0 Å². The zero-order chi connectivity index (χ0) is 17.7. The third-order valence-corrected chi connectivity index (χ3v) is 3.92. The first-order chi connectivity index (χ1) is 11.3. The number of rotatable bonds is 5. The van der Waals surface area contributed by atoms with E-state index in [-0.39, 0.29) is 23.3 Å². The SMILES string of the molecule is CNC(=O)c1cccc(C(=O)N[C@@H](Cn2ccnc2)C(C)(C)C)c1. The van der Waals surface area contributed by atoms with Gasteiger partial charge in [-0.3, -0.25) is 9.59 Å². The van der Waals surface area contributed by atoms with Crippen molar-refractivity contribution >= 4 is 11.8 Å². The van der Waals surface area contributed by atoms with Gasteiger partial charge in [0.15, 0.2) is 0 Å². The molecule has 6 heteroatoms. The van der Waals surface area contributed by atoms with Gasteiger partial charge in [-0.15, -0.1) is 0 Å². The number of nitrogens with zero attached hydrogens (tertiary/aromatic N) is 2. The van der Waals surface area contributed by atoms with Crippen LogP contribution in [0.3, 0.4) is 0 Å². The Morgan fingerprint density at radius 1 is 1.21 bits per heavy atom. The highest BCUT2D eigenvalue weighted by Gasteiger charge is 2.27. The van der Waals surface area contributed by atoms with E-state index < -0.39 is 0 Å². The summed E-state index contributed by atoms with van der Waals surface area (Å²) in [5, 5.41) is 5.64. The maximum absolute atomic E-state index is 12.6. The zero-order valence-electron chi connectivity index (χ0n) is 14.5. The second-order valence-electron chi connectivity index (χ2n) is 6.81. The van der Waals surface area contributed by atoms with Crippen LogP contribution in [0.15, 0.2) is 43.0 Å². The fourth-order valence-corrected chi connectivity index (χ4v) is 2.33. The second-order valence-corrected chi connectivity index (χ2v) is 6.81. The van der Waals surface area contributed by atoms with Crippen molar-refractivity contribution in [2.24, 2.45) is 5.41 Å². The van der Waals surface area contributed by atoms with Gasteiger partial charge in [-0.05, 0) is 23.6 Å². The van der Waals surface area contributed by atoms with Crippen LogP contribution in [0.25, 0.3) is 0 Å². The van der Waals surface area contributed by atoms with Crippen molar-refractivity contribution in [2.45, 2.75) is 33.4 Å². The Kier molecular flexibility index (Phi) is 5.39. The number of imidazole rings is 1. The molecular formula is C18H24N4O2. The molecule has 0 bridgehead atoms. The fraction of sp³-hybridized carbons (Fsp3) is 0.389. The minimum atomic E-state index is -0.213. The van der Waals surface area contributed by atoms with Gasteiger partial charge in [-0.2, -0.15) is 0 Å². The van der Waals surface area contributed by atoms with Crippen molar-refractivity contribution in [3.8, 4) is 0 Å². The highest BCUT2D eigenvalue weighted by atomic mass is 16.2. The van der Waals surface area contributed by atoms with Crippen LogP contribution in [0.5, 0.6) is 0 Å². The van der Waals surface area contributed by atoms with Crippen molar-refractivity contribution in [2.75, 3.05) is 7.05 Å². The monoisotopic (exact) mass is 328 g/mol. The number of hydrogen-bond donors (Lipinski definition) is 2. The number of amides is 2. The van der Waals surface area contributed by atoms with Gasteiger partial charge in [-0.25, -0.2) is 4.98 Å². The summed E-state index contributed by atoms with van der Waals surface area (Å²) < 4.78 is 1.94. The van der Waals surface area contributed by atoms with Crippen LogP contribution in [-0.4, -0.2) is 34.5 Å². The summed E-state index contributed by atoms with van der Waals surface area (Å²) in [5.74, 6) is -0.406. The van der Waals surface area contributed by atoms with E-state index in [2.05, 4.69) is 36.4 Å². The summed E-state index contributed by atoms with van der Waals surface area (Å²) in [6, 6.07) is 6.62. The number of nitrogens with one attached hydrogen (secondary N) is 2. The molecular weight excluding hydrogens is 304 g/mol. The van der Waals surface area contributed by atoms with E-state index in [4.69, 9.17) is 0 Å². The van der Waals surface area contributed by atoms with Crippen LogP contribution in [-0.2, 0) is 6.54 Å². The lowest BCUT2D eigenvalue weighted by molar-refractivity contribution is 0.0892. The van der Waals surface area contributed by atoms with Gasteiger partial charge in [-0.1, -0.05) is 26.8 Å². The molecule has 1 aromatic heterocycles. The predicted molar refractivity (Wildman–Crippen MR) is 92.8 cm³/mol. The van der Waals surface area contributed by atoms with E-state index in [1.54, 1.807) is 43.8 Å². The maximum atomic E-state index is 12.6. The minimum Gasteiger partial charge on any atom is -0.355 e. The quantitative estimate of drug-likeness (QED) is 0.882. The van der Waals surface area contributed by atoms with Crippen molar-refractivity contribution in [1.82, 2.24) is 20.2 Å². The van der Waals surface area contributed by atoms with Gasteiger partial charge in [0, 0.05) is 37.1 Å². The van der Waals surface area contributed by atoms with Crippen LogP contribution >= 0.6 is 0 Å². The molecule has 0 saturated heterocycles. The Labute approximate surface area is 142 Å². The van der Waals surface area contributed by atoms with E-state index in [0.717, 1.165) is 0 Å². The van der Waals surface area contributed by atoms with Crippen molar-refractivity contribution in [1.29, 1.82) is 0 Å². The number of benzene rings is 1. The molecule has 1 heterocycles. The first-order valence-corrected chi connectivity index (χ1v) is 7.90. The molecule has 0 unspecified atom stereocenters. The molecule has 2 aromatic rings. The van der Waals surface area contributed by atoms with Crippen LogP contribution in [0, 0.1) is 5.41 Å². The first-order valence-electron chi connectivity index (χ1n) is 7.90. The van der Waals surface area contributed by atoms with Crippen LogP contribution in [0.1, 0.15) is 41.5 Å². The Bertz CT molecular complexity index is 702. The van der Waals surface area contributed by atoms with Gasteiger partial charge < -0.3 is 15.2 Å². The Balaban J connectivity index is 2.17. The van der Waals surface area contributed by atoms with E-state index in [9.17, 15) is 9.59 Å². The van der Waals surface area contributed by atoms with Gasteiger partial charge in [0.05, 0.1) is 12.4 Å². The average Bonchev–Trinajstić information content (AvgIpc) is 3.05. The highest BCUT2D eigenvalue weighted by Crippen LogP contribution is 2.21. The molecule has 0 aliphatic carbocycles. The molecule has 2 N–H and O–H groups in total. The van der Waals surface area contributed by atoms with Crippen LogP contribution < -0.4 is 10.6 Å². The van der Waals surface area contributed by atoms with Crippen molar-refractivity contribution in [3.05, 3.63) is 54.1 Å². The zero-order valence-corrected chi connectivity index (χ0v) is 14.5. The van der Waals surface area contributed by atoms with Crippen LogP contribution in [0.4, 0.5) is 0 Å². The van der Waals surface area contributed by atoms with Crippen LogP contribution in [0.2, 0.25) is 0 Å². The molecule has 0 saturated carbocycles. The van der Waals surface area contributed by atoms with Gasteiger partial charge in [0.25, 0.3) is 11.8 Å². The number of aromatic nitrogens is 2. The predicted octanol–water partition coefficient (Wildman–Crippen LogP) is 2.09. The standard InChI is InChI=1S/C18H24N4O2/c1-18(2,3)15(11-22-9-8-20-12-22)21-17(24)14-7-5-6-13(10-14)16(23)19-4/h5-10,12,15H,11H2,1-4H3,(H,19,23)(H,21,24)/t15-/m0/s1. The van der Waals surface area contributed by atoms with E-state index >= 15 is 0 Å². The summed E-state index contributed by atoms with van der Waals surface area (Å²) in [6.45, 7) is 6.87. The molecule has 0 fully saturated rings. The molecule has 24 heavy (non-hydrogen) atoms. The number of carbonyl (C=O) groups is 2. The van der Waals surface area contributed by atoms with Gasteiger partial charge >= 0.3 is 0 Å². The normalized spacial score (nSPS) is 12.5. The van der Waals surface area contributed by atoms with Gasteiger partial charge in [0.2, 0.25) is 0 Å². The molecule has 6 nitrogen and oxygen atoms in total. The number of carbonyl (C=O) groups excluding carboxylic acids is 2. The smallest absolute Gasteiger partial charge is 0.251 e. The maximum Gasteiger partial charge on any atom is 0.251 e. The van der Waals surface area contributed by atoms with Crippen molar-refractivity contribution in [3.63, 3.8) is 0 Å². The largest absolute Gasteiger partial charge is 0.355 e. The Morgan fingerprint density at radius 2 is 1.88 bits per heavy atom. The Hall–Kier alpha value is -2.63. The highest BCUT2D eigenvalue weighted by molar-refractivity contribution is 5.99. The summed E-state index contributed by atoms with van der Waals surface area (Å²) in [6.07, 6.45) is 5.32. The third kappa shape index (κ3) is 4.44. The Morgan fingerprint density at radius 3 is 2.42 bits per heavy atom. The summed E-state index contributed by atoms with van der Waals surface area (Å²) in [7, 11) is 1.57. The molecule has 1 aromatic carbocycles. The molecule has 0 spiro atoms. The summed E-state index contributed by atoms with van der Waals surface area (Å²) in [5.41, 5.74) is 0.807. The lowest BCUT2D eigenvalue weighted by Crippen LogP contribution is -2.46. The van der Waals surface area contributed by atoms with E-state index in [1.807, 2.05) is 10.8 Å². The molecule has 0 aliphatic rings. The third-order valence-electron chi connectivity index (χ3n) is 3.92. The first kappa shape index (κ1) is 17.7. The van der Waals surface area contributed by atoms with E-state index in [0.29, 0.717) is 17.7 Å². The lowest BCUT2D eigenvalue weighted by Gasteiger charge is -2.31. The topological polar surface area (TPSA) is 76.0 Å². The minimum absolute atomic E-state index is 0.0807. The number of hydrogen-bond acceptors (Lipinski definition) is 3. The average molecular weight is 328 g/mol. The molecule has 0 radical (unpaired) electrons. The fourth-order valence-electron chi connectivity index (χ4n) is 2.33. The molecule has 2 amide bonds.